The number of thioether (sulfide) groups is 1. The third-order valence-corrected chi connectivity index (χ3v) is 3.03. The Morgan fingerprint density at radius 3 is 2.53 bits per heavy atom. The van der Waals surface area contributed by atoms with Crippen molar-refractivity contribution in [2.45, 2.75) is 26.3 Å². The van der Waals surface area contributed by atoms with Crippen LogP contribution < -0.4 is 5.32 Å². The van der Waals surface area contributed by atoms with E-state index in [9.17, 15) is 9.59 Å². The van der Waals surface area contributed by atoms with Crippen molar-refractivity contribution >= 4 is 23.6 Å². The lowest BCUT2D eigenvalue weighted by Crippen LogP contribution is -2.44. The molecule has 6 heteroatoms. The molecule has 2 N–H and O–H groups in total. The molecule has 0 aliphatic carbocycles. The molecule has 0 aromatic rings. The summed E-state index contributed by atoms with van der Waals surface area (Å²) in [5.74, 6) is 0.481. The molecule has 5 nitrogen and oxygen atoms in total. The summed E-state index contributed by atoms with van der Waals surface area (Å²) in [4.78, 5) is 22.2. The Labute approximate surface area is 106 Å². The summed E-state index contributed by atoms with van der Waals surface area (Å²) in [5, 5.41) is 11.2. The van der Waals surface area contributed by atoms with Gasteiger partial charge in [-0.15, -0.1) is 0 Å². The van der Waals surface area contributed by atoms with Gasteiger partial charge < -0.3 is 15.2 Å². The molecule has 0 saturated carbocycles. The van der Waals surface area contributed by atoms with Crippen molar-refractivity contribution in [1.82, 2.24) is 5.32 Å². The minimum absolute atomic E-state index is 0.0161. The van der Waals surface area contributed by atoms with Crippen molar-refractivity contribution < 1.29 is 19.4 Å². The van der Waals surface area contributed by atoms with E-state index in [-0.39, 0.29) is 12.5 Å². The van der Waals surface area contributed by atoms with Crippen molar-refractivity contribution in [3.63, 3.8) is 0 Å². The number of hydrogen-bond donors (Lipinski definition) is 2. The Morgan fingerprint density at radius 1 is 1.41 bits per heavy atom. The van der Waals surface area contributed by atoms with Gasteiger partial charge in [-0.05, 0) is 18.1 Å². The highest BCUT2D eigenvalue weighted by Crippen LogP contribution is 2.08. The molecule has 0 heterocycles. The molecule has 0 aliphatic heterocycles. The molecule has 0 radical (unpaired) electrons. The highest BCUT2D eigenvalue weighted by atomic mass is 32.2. The van der Waals surface area contributed by atoms with Gasteiger partial charge in [0.25, 0.3) is 0 Å². The number of methoxy groups -OCH3 is 1. The largest absolute Gasteiger partial charge is 0.480 e. The summed E-state index contributed by atoms with van der Waals surface area (Å²) >= 11 is 1.52. The molecule has 100 valence electrons. The zero-order valence-corrected chi connectivity index (χ0v) is 11.4. The monoisotopic (exact) mass is 263 g/mol. The van der Waals surface area contributed by atoms with Gasteiger partial charge in [-0.1, -0.05) is 13.8 Å². The van der Waals surface area contributed by atoms with E-state index in [0.29, 0.717) is 11.7 Å². The predicted octanol–water partition coefficient (Wildman–Crippen LogP) is 0.981. The number of ether oxygens (including phenoxy) is 1. The number of amides is 1. The van der Waals surface area contributed by atoms with Crippen LogP contribution in [0.3, 0.4) is 0 Å². The van der Waals surface area contributed by atoms with Crippen molar-refractivity contribution in [3.05, 3.63) is 0 Å². The molecular formula is C11H21NO4S. The van der Waals surface area contributed by atoms with E-state index in [1.807, 2.05) is 0 Å². The average molecular weight is 263 g/mol. The van der Waals surface area contributed by atoms with Crippen LogP contribution >= 0.6 is 11.8 Å². The summed E-state index contributed by atoms with van der Waals surface area (Å²) in [6.45, 7) is 4.23. The minimum Gasteiger partial charge on any atom is -0.480 e. The first-order valence-electron chi connectivity index (χ1n) is 5.56. The maximum Gasteiger partial charge on any atom is 0.328 e. The molecule has 0 aromatic carbocycles. The van der Waals surface area contributed by atoms with Crippen LogP contribution in [0.2, 0.25) is 0 Å². The van der Waals surface area contributed by atoms with E-state index < -0.39 is 12.0 Å². The molecular weight excluding hydrogens is 242 g/mol. The van der Waals surface area contributed by atoms with Gasteiger partial charge in [0.15, 0.2) is 6.04 Å². The Kier molecular flexibility index (Phi) is 8.89. The highest BCUT2D eigenvalue weighted by molar-refractivity contribution is 7.99. The lowest BCUT2D eigenvalue weighted by Gasteiger charge is -2.13. The van der Waals surface area contributed by atoms with Gasteiger partial charge in [0.2, 0.25) is 5.91 Å². The van der Waals surface area contributed by atoms with E-state index in [4.69, 9.17) is 9.84 Å². The first-order valence-corrected chi connectivity index (χ1v) is 6.71. The standard InChI is InChI=1S/C11H21NO4S/c1-8(2)4-5-17-7-10(13)12-9(6-16-3)11(14)15/h8-9H,4-7H2,1-3H3,(H,12,13)(H,14,15). The first kappa shape index (κ1) is 16.2. The highest BCUT2D eigenvalue weighted by Gasteiger charge is 2.19. The second-order valence-corrected chi connectivity index (χ2v) is 5.25. The fraction of sp³-hybridized carbons (Fsp3) is 0.818. The molecule has 0 aromatic heterocycles. The number of nitrogens with one attached hydrogen (secondary N) is 1. The van der Waals surface area contributed by atoms with Gasteiger partial charge in [-0.25, -0.2) is 4.79 Å². The van der Waals surface area contributed by atoms with Crippen LogP contribution in [0.1, 0.15) is 20.3 Å². The van der Waals surface area contributed by atoms with Crippen LogP contribution in [0.25, 0.3) is 0 Å². The van der Waals surface area contributed by atoms with Gasteiger partial charge in [-0.3, -0.25) is 4.79 Å². The van der Waals surface area contributed by atoms with E-state index in [1.54, 1.807) is 0 Å². The van der Waals surface area contributed by atoms with Crippen LogP contribution in [-0.2, 0) is 14.3 Å². The van der Waals surface area contributed by atoms with Crippen molar-refractivity contribution in [2.24, 2.45) is 5.92 Å². The summed E-state index contributed by atoms with van der Waals surface area (Å²) in [6, 6.07) is -0.960. The quantitative estimate of drug-likeness (QED) is 0.607. The molecule has 0 bridgehead atoms. The number of carbonyl (C=O) groups excluding carboxylic acids is 1. The molecule has 1 amide bonds. The Morgan fingerprint density at radius 2 is 2.06 bits per heavy atom. The van der Waals surface area contributed by atoms with E-state index >= 15 is 0 Å². The molecule has 0 rings (SSSR count). The lowest BCUT2D eigenvalue weighted by atomic mass is 10.2. The molecule has 17 heavy (non-hydrogen) atoms. The fourth-order valence-corrected chi connectivity index (χ4v) is 2.11. The summed E-state index contributed by atoms with van der Waals surface area (Å²) in [7, 11) is 1.40. The van der Waals surface area contributed by atoms with Crippen LogP contribution in [0.4, 0.5) is 0 Å². The zero-order valence-electron chi connectivity index (χ0n) is 10.6. The molecule has 0 saturated heterocycles. The molecule has 0 spiro atoms. The van der Waals surface area contributed by atoms with Crippen LogP contribution in [0, 0.1) is 5.92 Å². The Bertz CT molecular complexity index is 246. The van der Waals surface area contributed by atoms with Gasteiger partial charge >= 0.3 is 5.97 Å². The molecule has 1 unspecified atom stereocenters. The number of aliphatic carboxylic acids is 1. The topological polar surface area (TPSA) is 75.6 Å². The first-order chi connectivity index (χ1) is 7.97. The van der Waals surface area contributed by atoms with E-state index in [0.717, 1.165) is 12.2 Å². The van der Waals surface area contributed by atoms with Crippen molar-refractivity contribution in [2.75, 3.05) is 25.2 Å². The van der Waals surface area contributed by atoms with Gasteiger partial charge in [0.05, 0.1) is 12.4 Å². The Balaban J connectivity index is 3.78. The molecule has 1 atom stereocenters. The number of rotatable bonds is 9. The maximum atomic E-state index is 11.4. The number of carbonyl (C=O) groups is 2. The number of carboxylic acids is 1. The third kappa shape index (κ3) is 9.00. The number of carboxylic acid groups (broad SMARTS) is 1. The van der Waals surface area contributed by atoms with E-state index in [2.05, 4.69) is 19.2 Å². The minimum atomic E-state index is -1.08. The maximum absolute atomic E-state index is 11.4. The third-order valence-electron chi connectivity index (χ3n) is 2.04. The Hall–Kier alpha value is -0.750. The van der Waals surface area contributed by atoms with E-state index in [1.165, 1.54) is 18.9 Å². The average Bonchev–Trinajstić information content (AvgIpc) is 2.23. The second-order valence-electron chi connectivity index (χ2n) is 4.15. The molecule has 0 fully saturated rings. The number of hydrogen-bond acceptors (Lipinski definition) is 4. The van der Waals surface area contributed by atoms with Crippen LogP contribution in [0.15, 0.2) is 0 Å². The fourth-order valence-electron chi connectivity index (χ4n) is 1.06. The van der Waals surface area contributed by atoms with Gasteiger partial charge in [0, 0.05) is 7.11 Å². The smallest absolute Gasteiger partial charge is 0.328 e. The van der Waals surface area contributed by atoms with Gasteiger partial charge in [0.1, 0.15) is 0 Å². The zero-order chi connectivity index (χ0) is 13.3. The van der Waals surface area contributed by atoms with Crippen molar-refractivity contribution in [3.8, 4) is 0 Å². The van der Waals surface area contributed by atoms with Crippen LogP contribution in [-0.4, -0.2) is 48.2 Å². The lowest BCUT2D eigenvalue weighted by molar-refractivity contribution is -0.142. The van der Waals surface area contributed by atoms with Crippen LogP contribution in [0.5, 0.6) is 0 Å². The van der Waals surface area contributed by atoms with Crippen molar-refractivity contribution in [1.29, 1.82) is 0 Å². The normalized spacial score (nSPS) is 12.5. The molecule has 0 aliphatic rings. The summed E-state index contributed by atoms with van der Waals surface area (Å²) in [5.41, 5.74) is 0. The summed E-state index contributed by atoms with van der Waals surface area (Å²) < 4.78 is 4.72. The predicted molar refractivity (Wildman–Crippen MR) is 68.2 cm³/mol. The summed E-state index contributed by atoms with van der Waals surface area (Å²) in [6.07, 6.45) is 1.05. The SMILES string of the molecule is COCC(NC(=O)CSCCC(C)C)C(=O)O. The second kappa shape index (κ2) is 9.30. The van der Waals surface area contributed by atoms with Gasteiger partial charge in [-0.2, -0.15) is 11.8 Å².